The molecule has 1 atom stereocenters. The number of rotatable bonds is 5. The highest BCUT2D eigenvalue weighted by atomic mass is 35.5. The molecule has 1 N–H and O–H groups in total. The highest BCUT2D eigenvalue weighted by molar-refractivity contribution is 6.32. The van der Waals surface area contributed by atoms with Gasteiger partial charge in [-0.1, -0.05) is 23.7 Å². The number of para-hydroxylation sites is 1. The van der Waals surface area contributed by atoms with Gasteiger partial charge in [0.05, 0.1) is 17.7 Å². The van der Waals surface area contributed by atoms with Crippen molar-refractivity contribution in [1.82, 2.24) is 0 Å². The molecular weight excluding hydrogens is 200 g/mol. The molecule has 0 saturated heterocycles. The van der Waals surface area contributed by atoms with Crippen LogP contribution in [-0.4, -0.2) is 17.8 Å². The highest BCUT2D eigenvalue weighted by Gasteiger charge is 2.00. The number of halogens is 1. The Labute approximate surface area is 89.5 Å². The van der Waals surface area contributed by atoms with Gasteiger partial charge in [0.25, 0.3) is 0 Å². The van der Waals surface area contributed by atoms with Gasteiger partial charge in [-0.3, -0.25) is 0 Å². The summed E-state index contributed by atoms with van der Waals surface area (Å²) in [5.41, 5.74) is 0. The van der Waals surface area contributed by atoms with E-state index in [1.807, 2.05) is 18.2 Å². The SMILES string of the molecule is CC(O)CCCOc1ccccc1Cl. The fraction of sp³-hybridized carbons (Fsp3) is 0.455. The summed E-state index contributed by atoms with van der Waals surface area (Å²) < 4.78 is 5.44. The zero-order valence-electron chi connectivity index (χ0n) is 8.24. The molecule has 0 bridgehead atoms. The Morgan fingerprint density at radius 2 is 2.14 bits per heavy atom. The van der Waals surface area contributed by atoms with Gasteiger partial charge in [0.15, 0.2) is 0 Å². The van der Waals surface area contributed by atoms with Gasteiger partial charge in [-0.05, 0) is 31.9 Å². The van der Waals surface area contributed by atoms with Crippen LogP contribution in [0.2, 0.25) is 5.02 Å². The molecule has 0 amide bonds. The van der Waals surface area contributed by atoms with E-state index in [1.54, 1.807) is 13.0 Å². The number of benzene rings is 1. The molecule has 0 aliphatic rings. The Balaban J connectivity index is 2.28. The first-order valence-corrected chi connectivity index (χ1v) is 5.13. The lowest BCUT2D eigenvalue weighted by atomic mass is 10.2. The van der Waals surface area contributed by atoms with Crippen molar-refractivity contribution in [1.29, 1.82) is 0 Å². The molecule has 0 heterocycles. The standard InChI is InChI=1S/C11H15ClO2/c1-9(13)5-4-8-14-11-7-3-2-6-10(11)12/h2-3,6-7,9,13H,4-5,8H2,1H3. The predicted octanol–water partition coefficient (Wildman–Crippen LogP) is 2.88. The van der Waals surface area contributed by atoms with Gasteiger partial charge in [-0.2, -0.15) is 0 Å². The number of ether oxygens (including phenoxy) is 1. The second-order valence-electron chi connectivity index (χ2n) is 3.27. The van der Waals surface area contributed by atoms with Crippen LogP contribution in [0.5, 0.6) is 5.75 Å². The minimum absolute atomic E-state index is 0.259. The molecule has 2 nitrogen and oxygen atoms in total. The summed E-state index contributed by atoms with van der Waals surface area (Å²) >= 11 is 5.89. The summed E-state index contributed by atoms with van der Waals surface area (Å²) in [5.74, 6) is 0.708. The van der Waals surface area contributed by atoms with Crippen LogP contribution in [0, 0.1) is 0 Å². The van der Waals surface area contributed by atoms with E-state index in [2.05, 4.69) is 0 Å². The minimum atomic E-state index is -0.259. The molecule has 1 unspecified atom stereocenters. The molecule has 0 aromatic heterocycles. The normalized spacial score (nSPS) is 12.5. The molecule has 1 rings (SSSR count). The van der Waals surface area contributed by atoms with Crippen LogP contribution >= 0.6 is 11.6 Å². The third-order valence-electron chi connectivity index (χ3n) is 1.86. The largest absolute Gasteiger partial charge is 0.492 e. The average Bonchev–Trinajstić information content (AvgIpc) is 2.15. The van der Waals surface area contributed by atoms with Gasteiger partial charge in [0, 0.05) is 0 Å². The summed E-state index contributed by atoms with van der Waals surface area (Å²) in [6.07, 6.45) is 1.33. The lowest BCUT2D eigenvalue weighted by Crippen LogP contribution is -2.04. The van der Waals surface area contributed by atoms with Gasteiger partial charge in [0.2, 0.25) is 0 Å². The Hall–Kier alpha value is -0.730. The van der Waals surface area contributed by atoms with Crippen LogP contribution < -0.4 is 4.74 Å². The fourth-order valence-corrected chi connectivity index (χ4v) is 1.31. The Morgan fingerprint density at radius 3 is 2.79 bits per heavy atom. The second kappa shape index (κ2) is 5.89. The van der Waals surface area contributed by atoms with E-state index in [4.69, 9.17) is 21.4 Å². The van der Waals surface area contributed by atoms with E-state index in [0.717, 1.165) is 12.8 Å². The monoisotopic (exact) mass is 214 g/mol. The van der Waals surface area contributed by atoms with Gasteiger partial charge in [-0.25, -0.2) is 0 Å². The number of hydrogen-bond donors (Lipinski definition) is 1. The molecule has 0 saturated carbocycles. The molecule has 1 aromatic carbocycles. The molecule has 0 spiro atoms. The third kappa shape index (κ3) is 3.99. The van der Waals surface area contributed by atoms with Crippen molar-refractivity contribution in [3.8, 4) is 5.75 Å². The average molecular weight is 215 g/mol. The van der Waals surface area contributed by atoms with Gasteiger partial charge in [-0.15, -0.1) is 0 Å². The van der Waals surface area contributed by atoms with Crippen molar-refractivity contribution in [2.24, 2.45) is 0 Å². The Bertz CT molecular complexity index is 274. The molecular formula is C11H15ClO2. The topological polar surface area (TPSA) is 29.5 Å². The number of hydrogen-bond acceptors (Lipinski definition) is 2. The van der Waals surface area contributed by atoms with Crippen LogP contribution in [0.15, 0.2) is 24.3 Å². The van der Waals surface area contributed by atoms with Crippen LogP contribution in [0.25, 0.3) is 0 Å². The first kappa shape index (κ1) is 11.3. The van der Waals surface area contributed by atoms with Gasteiger partial charge < -0.3 is 9.84 Å². The van der Waals surface area contributed by atoms with Crippen molar-refractivity contribution >= 4 is 11.6 Å². The Morgan fingerprint density at radius 1 is 1.43 bits per heavy atom. The molecule has 0 aliphatic carbocycles. The van der Waals surface area contributed by atoms with Crippen molar-refractivity contribution in [3.05, 3.63) is 29.3 Å². The van der Waals surface area contributed by atoms with Crippen molar-refractivity contribution < 1.29 is 9.84 Å². The van der Waals surface area contributed by atoms with Crippen LogP contribution in [0.1, 0.15) is 19.8 Å². The van der Waals surface area contributed by atoms with E-state index in [-0.39, 0.29) is 6.10 Å². The summed E-state index contributed by atoms with van der Waals surface area (Å²) in [4.78, 5) is 0. The predicted molar refractivity (Wildman–Crippen MR) is 57.9 cm³/mol. The van der Waals surface area contributed by atoms with Crippen molar-refractivity contribution in [2.75, 3.05) is 6.61 Å². The van der Waals surface area contributed by atoms with Crippen LogP contribution in [0.3, 0.4) is 0 Å². The maximum atomic E-state index is 9.02. The zero-order valence-corrected chi connectivity index (χ0v) is 9.00. The summed E-state index contributed by atoms with van der Waals surface area (Å²) in [6, 6.07) is 7.39. The second-order valence-corrected chi connectivity index (χ2v) is 3.68. The quantitative estimate of drug-likeness (QED) is 0.764. The lowest BCUT2D eigenvalue weighted by Gasteiger charge is -2.08. The minimum Gasteiger partial charge on any atom is -0.492 e. The molecule has 1 aromatic rings. The molecule has 78 valence electrons. The molecule has 14 heavy (non-hydrogen) atoms. The van der Waals surface area contributed by atoms with Gasteiger partial charge in [0.1, 0.15) is 5.75 Å². The van der Waals surface area contributed by atoms with E-state index in [1.165, 1.54) is 0 Å². The molecule has 0 fully saturated rings. The van der Waals surface area contributed by atoms with Crippen LogP contribution in [0.4, 0.5) is 0 Å². The van der Waals surface area contributed by atoms with Crippen LogP contribution in [-0.2, 0) is 0 Å². The first-order chi connectivity index (χ1) is 6.70. The van der Waals surface area contributed by atoms with Gasteiger partial charge >= 0.3 is 0 Å². The summed E-state index contributed by atoms with van der Waals surface area (Å²) in [6.45, 7) is 2.37. The third-order valence-corrected chi connectivity index (χ3v) is 2.17. The molecule has 3 heteroatoms. The summed E-state index contributed by atoms with van der Waals surface area (Å²) in [7, 11) is 0. The highest BCUT2D eigenvalue weighted by Crippen LogP contribution is 2.23. The zero-order chi connectivity index (χ0) is 10.4. The summed E-state index contributed by atoms with van der Waals surface area (Å²) in [5, 5.41) is 9.65. The lowest BCUT2D eigenvalue weighted by molar-refractivity contribution is 0.170. The molecule has 0 radical (unpaired) electrons. The molecule has 0 aliphatic heterocycles. The Kier molecular flexibility index (Phi) is 4.77. The maximum absolute atomic E-state index is 9.02. The van der Waals surface area contributed by atoms with Crippen molar-refractivity contribution in [3.63, 3.8) is 0 Å². The van der Waals surface area contributed by atoms with E-state index < -0.39 is 0 Å². The smallest absolute Gasteiger partial charge is 0.137 e. The first-order valence-electron chi connectivity index (χ1n) is 4.75. The van der Waals surface area contributed by atoms with Crippen molar-refractivity contribution in [2.45, 2.75) is 25.9 Å². The van der Waals surface area contributed by atoms with E-state index >= 15 is 0 Å². The number of aliphatic hydroxyl groups is 1. The number of aliphatic hydroxyl groups excluding tert-OH is 1. The maximum Gasteiger partial charge on any atom is 0.137 e. The van der Waals surface area contributed by atoms with E-state index in [0.29, 0.717) is 17.4 Å². The van der Waals surface area contributed by atoms with E-state index in [9.17, 15) is 0 Å². The fourth-order valence-electron chi connectivity index (χ4n) is 1.12.